The van der Waals surface area contributed by atoms with Crippen LogP contribution in [-0.4, -0.2) is 47.4 Å². The van der Waals surface area contributed by atoms with Gasteiger partial charge in [-0.05, 0) is 100 Å². The van der Waals surface area contributed by atoms with Crippen molar-refractivity contribution in [3.63, 3.8) is 0 Å². The highest BCUT2D eigenvalue weighted by atomic mass is 19.4. The maximum Gasteiger partial charge on any atom is 0.416 e. The Bertz CT molecular complexity index is 1010. The smallest absolute Gasteiger partial charge is 0.338 e. The molecule has 1 atom stereocenters. The van der Waals surface area contributed by atoms with Crippen LogP contribution >= 0.6 is 0 Å². The highest BCUT2D eigenvalue weighted by Gasteiger charge is 2.39. The summed E-state index contributed by atoms with van der Waals surface area (Å²) in [5.74, 6) is 0.855. The van der Waals surface area contributed by atoms with E-state index in [2.05, 4.69) is 18.7 Å². The molecule has 0 saturated carbocycles. The highest BCUT2D eigenvalue weighted by molar-refractivity contribution is 5.97. The van der Waals surface area contributed by atoms with E-state index in [-0.39, 0.29) is 24.8 Å². The van der Waals surface area contributed by atoms with E-state index in [1.807, 2.05) is 36.9 Å². The summed E-state index contributed by atoms with van der Waals surface area (Å²) in [7, 11) is 0. The number of likely N-dealkylation sites (tertiary alicyclic amines) is 2. The first-order valence-electron chi connectivity index (χ1n) is 12.8. The first kappa shape index (κ1) is 28.2. The van der Waals surface area contributed by atoms with Crippen LogP contribution in [0.1, 0.15) is 85.5 Å². The summed E-state index contributed by atoms with van der Waals surface area (Å²) in [6.45, 7) is 12.0. The molecule has 1 amide bonds. The van der Waals surface area contributed by atoms with E-state index in [0.29, 0.717) is 5.92 Å². The molecule has 2 heterocycles. The monoisotopic (exact) mass is 502 g/mol. The summed E-state index contributed by atoms with van der Waals surface area (Å²) in [6.07, 6.45) is -0.279. The van der Waals surface area contributed by atoms with Crippen molar-refractivity contribution in [3.8, 4) is 0 Å². The van der Waals surface area contributed by atoms with Gasteiger partial charge in [0.2, 0.25) is 0 Å². The van der Waals surface area contributed by atoms with Crippen LogP contribution in [-0.2, 0) is 6.18 Å². The van der Waals surface area contributed by atoms with Gasteiger partial charge in [-0.3, -0.25) is 9.69 Å². The Morgan fingerprint density at radius 1 is 0.944 bits per heavy atom. The Hall–Kier alpha value is -2.34. The Kier molecular flexibility index (Phi) is 8.59. The first-order chi connectivity index (χ1) is 16.5. The van der Waals surface area contributed by atoms with Crippen molar-refractivity contribution >= 4 is 5.91 Å². The van der Waals surface area contributed by atoms with Gasteiger partial charge in [-0.25, -0.2) is 0 Å². The quantitative estimate of drug-likeness (QED) is 0.433. The summed E-state index contributed by atoms with van der Waals surface area (Å²) < 4.78 is 38.7. The van der Waals surface area contributed by atoms with E-state index >= 15 is 0 Å². The molecule has 2 saturated heterocycles. The van der Waals surface area contributed by atoms with E-state index in [1.54, 1.807) is 12.1 Å². The van der Waals surface area contributed by atoms with Gasteiger partial charge in [0.15, 0.2) is 0 Å². The molecule has 2 aromatic carbocycles. The van der Waals surface area contributed by atoms with E-state index in [0.717, 1.165) is 74.1 Å². The second kappa shape index (κ2) is 11.0. The largest absolute Gasteiger partial charge is 0.416 e. The van der Waals surface area contributed by atoms with Gasteiger partial charge in [-0.15, -0.1) is 0 Å². The molecule has 2 aromatic rings. The number of halogens is 3. The van der Waals surface area contributed by atoms with Crippen LogP contribution in [0.25, 0.3) is 0 Å². The Labute approximate surface area is 214 Å². The van der Waals surface area contributed by atoms with Crippen LogP contribution in [0.5, 0.6) is 0 Å². The van der Waals surface area contributed by atoms with Gasteiger partial charge < -0.3 is 4.90 Å². The number of nitrogens with zero attached hydrogens (tertiary/aromatic N) is 2. The number of benzene rings is 2. The standard InChI is InChI=1S/C29H37F3N2O.CH4/c1-20-6-5-7-21(2)26(20)27(35)33-18-14-28(4,15-19-33)34-16-12-24(13-17-34)22(3)23-8-10-25(11-9-23)29(30,31)32;/h5-11,22,24H,12-19H2,1-4H3;1H4. The molecular formula is C30H41F3N2O. The van der Waals surface area contributed by atoms with Gasteiger partial charge in [0.25, 0.3) is 5.91 Å². The van der Waals surface area contributed by atoms with Crippen LogP contribution in [0.2, 0.25) is 0 Å². The maximum atomic E-state index is 13.2. The molecule has 0 aliphatic carbocycles. The van der Waals surface area contributed by atoms with Crippen molar-refractivity contribution < 1.29 is 18.0 Å². The molecule has 36 heavy (non-hydrogen) atoms. The van der Waals surface area contributed by atoms with Crippen molar-refractivity contribution in [1.29, 1.82) is 0 Å². The second-order valence-corrected chi connectivity index (χ2v) is 10.8. The predicted octanol–water partition coefficient (Wildman–Crippen LogP) is 7.47. The van der Waals surface area contributed by atoms with E-state index in [4.69, 9.17) is 0 Å². The third-order valence-corrected chi connectivity index (χ3v) is 8.60. The number of rotatable bonds is 4. The molecule has 198 valence electrons. The SMILES string of the molecule is C.Cc1cccc(C)c1C(=O)N1CCC(C)(N2CCC(C(C)c3ccc(C(F)(F)F)cc3)CC2)CC1. The molecule has 4 rings (SSSR count). The summed E-state index contributed by atoms with van der Waals surface area (Å²) in [5, 5.41) is 0. The van der Waals surface area contributed by atoms with E-state index in [1.165, 1.54) is 12.1 Å². The van der Waals surface area contributed by atoms with Crippen molar-refractivity contribution in [2.45, 2.75) is 78.4 Å². The minimum Gasteiger partial charge on any atom is -0.338 e. The topological polar surface area (TPSA) is 23.6 Å². The van der Waals surface area contributed by atoms with Gasteiger partial charge in [-0.2, -0.15) is 13.2 Å². The molecule has 0 radical (unpaired) electrons. The third kappa shape index (κ3) is 5.80. The molecular weight excluding hydrogens is 461 g/mol. The average Bonchev–Trinajstić information content (AvgIpc) is 2.83. The number of alkyl halides is 3. The number of hydrogen-bond acceptors (Lipinski definition) is 2. The zero-order valence-electron chi connectivity index (χ0n) is 21.3. The molecule has 3 nitrogen and oxygen atoms in total. The number of aryl methyl sites for hydroxylation is 2. The number of carbonyl (C=O) groups excluding carboxylic acids is 1. The van der Waals surface area contributed by atoms with Crippen LogP contribution in [0.3, 0.4) is 0 Å². The van der Waals surface area contributed by atoms with Crippen LogP contribution in [0.4, 0.5) is 13.2 Å². The van der Waals surface area contributed by atoms with Gasteiger partial charge in [0.1, 0.15) is 0 Å². The summed E-state index contributed by atoms with van der Waals surface area (Å²) in [4.78, 5) is 17.8. The Morgan fingerprint density at radius 2 is 1.47 bits per heavy atom. The van der Waals surface area contributed by atoms with Crippen molar-refractivity contribution in [2.75, 3.05) is 26.2 Å². The number of amides is 1. The van der Waals surface area contributed by atoms with Crippen LogP contribution < -0.4 is 0 Å². The zero-order valence-corrected chi connectivity index (χ0v) is 21.3. The lowest BCUT2D eigenvalue weighted by Gasteiger charge is -2.50. The van der Waals surface area contributed by atoms with Crippen molar-refractivity contribution in [2.24, 2.45) is 5.92 Å². The van der Waals surface area contributed by atoms with Gasteiger partial charge in [0, 0.05) is 24.2 Å². The van der Waals surface area contributed by atoms with Gasteiger partial charge in [0.05, 0.1) is 5.56 Å². The first-order valence-corrected chi connectivity index (χ1v) is 12.8. The minimum absolute atomic E-state index is 0. The zero-order chi connectivity index (χ0) is 25.4. The summed E-state index contributed by atoms with van der Waals surface area (Å²) in [5.41, 5.74) is 3.40. The van der Waals surface area contributed by atoms with E-state index in [9.17, 15) is 18.0 Å². The molecule has 0 aromatic heterocycles. The lowest BCUT2D eigenvalue weighted by atomic mass is 9.78. The normalized spacial score (nSPS) is 20.0. The molecule has 2 aliphatic rings. The lowest BCUT2D eigenvalue weighted by molar-refractivity contribution is -0.137. The molecule has 2 aliphatic heterocycles. The maximum absolute atomic E-state index is 13.2. The molecule has 0 N–H and O–H groups in total. The van der Waals surface area contributed by atoms with Gasteiger partial charge in [-0.1, -0.05) is 44.7 Å². The number of piperidine rings is 2. The molecule has 0 spiro atoms. The summed E-state index contributed by atoms with van der Waals surface area (Å²) in [6, 6.07) is 11.7. The number of hydrogen-bond donors (Lipinski definition) is 0. The van der Waals surface area contributed by atoms with Crippen LogP contribution in [0.15, 0.2) is 42.5 Å². The van der Waals surface area contributed by atoms with Crippen molar-refractivity contribution in [1.82, 2.24) is 9.80 Å². The molecule has 6 heteroatoms. The fourth-order valence-corrected chi connectivity index (χ4v) is 6.00. The van der Waals surface area contributed by atoms with E-state index < -0.39 is 11.7 Å². The fourth-order valence-electron chi connectivity index (χ4n) is 6.00. The Balaban J connectivity index is 0.00000361. The summed E-state index contributed by atoms with van der Waals surface area (Å²) >= 11 is 0. The molecule has 1 unspecified atom stereocenters. The Morgan fingerprint density at radius 3 is 1.97 bits per heavy atom. The predicted molar refractivity (Wildman–Crippen MR) is 140 cm³/mol. The molecule has 2 fully saturated rings. The molecule has 0 bridgehead atoms. The van der Waals surface area contributed by atoms with Crippen molar-refractivity contribution in [3.05, 3.63) is 70.3 Å². The highest BCUT2D eigenvalue weighted by Crippen LogP contribution is 2.38. The lowest BCUT2D eigenvalue weighted by Crippen LogP contribution is -2.56. The third-order valence-electron chi connectivity index (χ3n) is 8.60. The minimum atomic E-state index is -4.29. The average molecular weight is 503 g/mol. The number of carbonyl (C=O) groups is 1. The second-order valence-electron chi connectivity index (χ2n) is 10.8. The van der Waals surface area contributed by atoms with Gasteiger partial charge >= 0.3 is 6.18 Å². The fraction of sp³-hybridized carbons (Fsp3) is 0.567. The van der Waals surface area contributed by atoms with Crippen LogP contribution in [0, 0.1) is 19.8 Å².